The molecule has 0 aliphatic heterocycles. The van der Waals surface area contributed by atoms with Gasteiger partial charge in [-0.2, -0.15) is 13.2 Å². The lowest BCUT2D eigenvalue weighted by atomic mass is 10.3. The fourth-order valence-electron chi connectivity index (χ4n) is 2.95. The molecule has 0 aromatic carbocycles. The zero-order chi connectivity index (χ0) is 20.9. The molecule has 0 saturated heterocycles. The number of aromatic nitrogens is 5. The van der Waals surface area contributed by atoms with Gasteiger partial charge in [0.2, 0.25) is 11.1 Å². The maximum absolute atomic E-state index is 12.6. The molecule has 0 radical (unpaired) electrons. The van der Waals surface area contributed by atoms with Crippen molar-refractivity contribution in [2.45, 2.75) is 43.1 Å². The van der Waals surface area contributed by atoms with Crippen LogP contribution in [0.5, 0.6) is 0 Å². The van der Waals surface area contributed by atoms with E-state index in [1.807, 2.05) is 0 Å². The molecule has 1 saturated carbocycles. The summed E-state index contributed by atoms with van der Waals surface area (Å²) in [7, 11) is 0. The second kappa shape index (κ2) is 9.61. The van der Waals surface area contributed by atoms with Crippen LogP contribution in [0.2, 0.25) is 5.02 Å². The van der Waals surface area contributed by atoms with Crippen molar-refractivity contribution in [1.29, 1.82) is 0 Å². The Morgan fingerprint density at radius 2 is 2.07 bits per heavy atom. The fraction of sp³-hybridized carbons (Fsp3) is 0.562. The van der Waals surface area contributed by atoms with E-state index in [2.05, 4.69) is 31.1 Å². The third-order valence-corrected chi connectivity index (χ3v) is 5.60. The maximum atomic E-state index is 12.6. The molecule has 3 rings (SSSR count). The largest absolute Gasteiger partial charge is 0.417 e. The average molecular weight is 450 g/mol. The summed E-state index contributed by atoms with van der Waals surface area (Å²) in [5, 5.41) is 17.7. The number of tetrazole rings is 1. The van der Waals surface area contributed by atoms with Crippen molar-refractivity contribution in [2.24, 2.45) is 0 Å². The average Bonchev–Trinajstić information content (AvgIpc) is 3.34. The Morgan fingerprint density at radius 3 is 2.76 bits per heavy atom. The van der Waals surface area contributed by atoms with Gasteiger partial charge in [-0.1, -0.05) is 36.2 Å². The van der Waals surface area contributed by atoms with Gasteiger partial charge in [0.1, 0.15) is 5.82 Å². The molecule has 1 aliphatic carbocycles. The van der Waals surface area contributed by atoms with Gasteiger partial charge in [0, 0.05) is 19.3 Å². The minimum atomic E-state index is -4.50. The molecule has 8 nitrogen and oxygen atoms in total. The molecule has 13 heteroatoms. The van der Waals surface area contributed by atoms with Crippen LogP contribution in [0.4, 0.5) is 19.0 Å². The molecule has 1 amide bonds. The molecule has 1 aliphatic rings. The normalized spacial score (nSPS) is 14.9. The van der Waals surface area contributed by atoms with Crippen molar-refractivity contribution < 1.29 is 18.0 Å². The number of thioether (sulfide) groups is 1. The monoisotopic (exact) mass is 449 g/mol. The van der Waals surface area contributed by atoms with Crippen LogP contribution in [-0.2, 0) is 11.0 Å². The predicted molar refractivity (Wildman–Crippen MR) is 102 cm³/mol. The van der Waals surface area contributed by atoms with Crippen LogP contribution in [0.25, 0.3) is 0 Å². The number of carbonyl (C=O) groups excluding carboxylic acids is 1. The number of nitrogens with one attached hydrogen (secondary N) is 2. The van der Waals surface area contributed by atoms with E-state index in [-0.39, 0.29) is 35.6 Å². The highest BCUT2D eigenvalue weighted by Crippen LogP contribution is 2.32. The van der Waals surface area contributed by atoms with Gasteiger partial charge in [0.15, 0.2) is 0 Å². The third kappa shape index (κ3) is 5.95. The summed E-state index contributed by atoms with van der Waals surface area (Å²) in [4.78, 5) is 15.7. The van der Waals surface area contributed by atoms with Crippen molar-refractivity contribution in [1.82, 2.24) is 30.5 Å². The lowest BCUT2D eigenvalue weighted by Gasteiger charge is -2.12. The number of nitrogens with zero attached hydrogens (tertiary/aromatic N) is 5. The molecule has 29 heavy (non-hydrogen) atoms. The first kappa shape index (κ1) is 21.6. The SMILES string of the molecule is O=C(CSc1nnnn1C1CCCC1)NCCNc1ncc(C(F)(F)F)cc1Cl. The number of hydrogen-bond donors (Lipinski definition) is 2. The lowest BCUT2D eigenvalue weighted by Crippen LogP contribution is -2.30. The molecule has 2 heterocycles. The number of anilines is 1. The molecule has 1 fully saturated rings. The van der Waals surface area contributed by atoms with Gasteiger partial charge in [-0.3, -0.25) is 4.79 Å². The first-order chi connectivity index (χ1) is 13.8. The summed E-state index contributed by atoms with van der Waals surface area (Å²) in [6, 6.07) is 1.10. The number of carbonyl (C=O) groups is 1. The first-order valence-corrected chi connectivity index (χ1v) is 10.3. The number of amides is 1. The minimum Gasteiger partial charge on any atom is -0.367 e. The Morgan fingerprint density at radius 1 is 1.31 bits per heavy atom. The van der Waals surface area contributed by atoms with Gasteiger partial charge in [0.05, 0.1) is 22.4 Å². The molecule has 158 valence electrons. The smallest absolute Gasteiger partial charge is 0.367 e. The third-order valence-electron chi connectivity index (χ3n) is 4.37. The second-order valence-electron chi connectivity index (χ2n) is 6.46. The van der Waals surface area contributed by atoms with Gasteiger partial charge in [-0.15, -0.1) is 5.10 Å². The summed E-state index contributed by atoms with van der Waals surface area (Å²) in [5.41, 5.74) is -0.918. The zero-order valence-electron chi connectivity index (χ0n) is 15.2. The quantitative estimate of drug-likeness (QED) is 0.472. The summed E-state index contributed by atoms with van der Waals surface area (Å²) in [5.74, 6) is 0.0788. The van der Waals surface area contributed by atoms with Crippen LogP contribution in [0.1, 0.15) is 37.3 Å². The molecular formula is C16H19ClF3N7OS. The first-order valence-electron chi connectivity index (χ1n) is 8.98. The molecular weight excluding hydrogens is 431 g/mol. The Bertz CT molecular complexity index is 842. The predicted octanol–water partition coefficient (Wildman–Crippen LogP) is 3.18. The highest BCUT2D eigenvalue weighted by molar-refractivity contribution is 7.99. The van der Waals surface area contributed by atoms with E-state index in [1.54, 1.807) is 4.68 Å². The highest BCUT2D eigenvalue weighted by atomic mass is 35.5. The van der Waals surface area contributed by atoms with E-state index < -0.39 is 11.7 Å². The molecule has 0 spiro atoms. The van der Waals surface area contributed by atoms with Gasteiger partial charge < -0.3 is 10.6 Å². The molecule has 2 N–H and O–H groups in total. The van der Waals surface area contributed by atoms with Gasteiger partial charge in [-0.05, 0) is 29.3 Å². The van der Waals surface area contributed by atoms with Crippen molar-refractivity contribution in [3.63, 3.8) is 0 Å². The molecule has 0 bridgehead atoms. The van der Waals surface area contributed by atoms with Gasteiger partial charge >= 0.3 is 6.18 Å². The standard InChI is InChI=1S/C16H19ClF3N7OS/c17-12-7-10(16(18,19)20)8-23-14(12)22-6-5-21-13(28)9-29-15-24-25-26-27(15)11-3-1-2-4-11/h7-8,11H,1-6,9H2,(H,21,28)(H,22,23). The number of halogens is 4. The summed E-state index contributed by atoms with van der Waals surface area (Å²) >= 11 is 7.08. The molecule has 2 aromatic heterocycles. The Balaban J connectivity index is 1.39. The maximum Gasteiger partial charge on any atom is 0.417 e. The number of rotatable bonds is 8. The fourth-order valence-corrected chi connectivity index (χ4v) is 3.95. The van der Waals surface area contributed by atoms with E-state index in [0.717, 1.165) is 31.7 Å². The number of alkyl halides is 3. The van der Waals surface area contributed by atoms with E-state index in [0.29, 0.717) is 17.4 Å². The number of pyridine rings is 1. The summed E-state index contributed by atoms with van der Waals surface area (Å²) in [6.45, 7) is 0.514. The zero-order valence-corrected chi connectivity index (χ0v) is 16.8. The molecule has 0 unspecified atom stereocenters. The summed E-state index contributed by atoms with van der Waals surface area (Å²) < 4.78 is 39.6. The van der Waals surface area contributed by atoms with Crippen molar-refractivity contribution >= 4 is 35.1 Å². The Labute approximate surface area is 174 Å². The topological polar surface area (TPSA) is 97.6 Å². The lowest BCUT2D eigenvalue weighted by molar-refractivity contribution is -0.137. The highest BCUT2D eigenvalue weighted by Gasteiger charge is 2.31. The van der Waals surface area contributed by atoms with Crippen LogP contribution in [0.15, 0.2) is 17.4 Å². The number of hydrogen-bond acceptors (Lipinski definition) is 7. The Hall–Kier alpha value is -2.08. The van der Waals surface area contributed by atoms with Gasteiger partial charge in [0.25, 0.3) is 0 Å². The Kier molecular flexibility index (Phi) is 7.17. The van der Waals surface area contributed by atoms with Crippen LogP contribution in [0, 0.1) is 0 Å². The minimum absolute atomic E-state index is 0.124. The van der Waals surface area contributed by atoms with Crippen LogP contribution < -0.4 is 10.6 Å². The van der Waals surface area contributed by atoms with Gasteiger partial charge in [-0.25, -0.2) is 9.67 Å². The van der Waals surface area contributed by atoms with Crippen LogP contribution in [-0.4, -0.2) is 49.9 Å². The van der Waals surface area contributed by atoms with E-state index in [1.165, 1.54) is 11.8 Å². The molecule has 2 aromatic rings. The van der Waals surface area contributed by atoms with Crippen molar-refractivity contribution in [2.75, 3.05) is 24.2 Å². The van der Waals surface area contributed by atoms with Crippen LogP contribution in [0.3, 0.4) is 0 Å². The van der Waals surface area contributed by atoms with E-state index in [4.69, 9.17) is 11.6 Å². The summed E-state index contributed by atoms with van der Waals surface area (Å²) in [6.07, 6.45) is 0.587. The molecule has 0 atom stereocenters. The van der Waals surface area contributed by atoms with E-state index >= 15 is 0 Å². The van der Waals surface area contributed by atoms with Crippen LogP contribution >= 0.6 is 23.4 Å². The van der Waals surface area contributed by atoms with Crippen molar-refractivity contribution in [3.05, 3.63) is 22.8 Å². The second-order valence-corrected chi connectivity index (χ2v) is 7.81. The van der Waals surface area contributed by atoms with E-state index in [9.17, 15) is 18.0 Å². The van der Waals surface area contributed by atoms with Crippen molar-refractivity contribution in [3.8, 4) is 0 Å².